The zero-order chi connectivity index (χ0) is 41.0. The number of rotatable bonds is 35. The first-order valence-electron chi connectivity index (χ1n) is 21.6. The maximum atomic E-state index is 12.8. The quantitative estimate of drug-likeness (QED) is 0.0155. The van der Waals surface area contributed by atoms with Crippen LogP contribution in [0.5, 0.6) is 0 Å². The largest absolute Gasteiger partial charge is 0.481 e. The average Bonchev–Trinajstić information content (AvgIpc) is 3.68. The van der Waals surface area contributed by atoms with Crippen LogP contribution in [-0.2, 0) is 48.0 Å². The van der Waals surface area contributed by atoms with Crippen LogP contribution in [-0.4, -0.2) is 58.2 Å². The topological polar surface area (TPSA) is 180 Å². The van der Waals surface area contributed by atoms with Gasteiger partial charge in [0.1, 0.15) is 12.2 Å². The van der Waals surface area contributed by atoms with E-state index >= 15 is 0 Å². The Hall–Kier alpha value is -3.38. The van der Waals surface area contributed by atoms with E-state index in [-0.39, 0.29) is 37.5 Å². The second kappa shape index (κ2) is 29.8. The lowest BCUT2D eigenvalue weighted by molar-refractivity contribution is -0.337. The maximum Gasteiger partial charge on any atom is 0.317 e. The van der Waals surface area contributed by atoms with Crippen LogP contribution in [0, 0.1) is 23.7 Å². The molecule has 2 aliphatic heterocycles. The van der Waals surface area contributed by atoms with Gasteiger partial charge in [-0.25, -0.2) is 9.78 Å². The summed E-state index contributed by atoms with van der Waals surface area (Å²) in [5.41, 5.74) is 0. The molecule has 318 valence electrons. The minimum absolute atomic E-state index is 0.0243. The molecule has 0 aliphatic carbocycles. The summed E-state index contributed by atoms with van der Waals surface area (Å²) in [5, 5.41) is 17.9. The lowest BCUT2D eigenvalue weighted by Gasteiger charge is -2.27. The molecule has 12 nitrogen and oxygen atoms in total. The summed E-state index contributed by atoms with van der Waals surface area (Å²) in [7, 11) is 0. The summed E-state index contributed by atoms with van der Waals surface area (Å²) in [6.45, 7) is 4.30. The molecule has 2 N–H and O–H groups in total. The monoisotopic (exact) mass is 790 g/mol. The third-order valence-corrected chi connectivity index (χ3v) is 10.9. The second-order valence-electron chi connectivity index (χ2n) is 15.7. The van der Waals surface area contributed by atoms with Crippen molar-refractivity contribution in [1.82, 2.24) is 0 Å². The predicted octanol–water partition coefficient (Wildman–Crippen LogP) is 9.77. The fourth-order valence-corrected chi connectivity index (χ4v) is 7.66. The maximum absolute atomic E-state index is 12.8. The third-order valence-electron chi connectivity index (χ3n) is 10.9. The second-order valence-corrected chi connectivity index (χ2v) is 15.7. The van der Waals surface area contributed by atoms with E-state index in [1.807, 2.05) is 12.2 Å². The Balaban J connectivity index is 2.24. The van der Waals surface area contributed by atoms with Gasteiger partial charge in [0.25, 0.3) is 0 Å². The number of cyclic esters (lactones) is 4. The van der Waals surface area contributed by atoms with Gasteiger partial charge < -0.3 is 19.7 Å². The molecule has 6 atom stereocenters. The van der Waals surface area contributed by atoms with Gasteiger partial charge in [0.05, 0.1) is 24.7 Å². The highest BCUT2D eigenvalue weighted by atomic mass is 17.2. The average molecular weight is 791 g/mol. The van der Waals surface area contributed by atoms with Crippen molar-refractivity contribution in [2.75, 3.05) is 0 Å². The number of unbranched alkanes of at least 4 members (excludes halogenated alkanes) is 14. The molecule has 2 fully saturated rings. The van der Waals surface area contributed by atoms with Crippen molar-refractivity contribution >= 4 is 35.8 Å². The first-order valence-corrected chi connectivity index (χ1v) is 21.6. The smallest absolute Gasteiger partial charge is 0.317 e. The summed E-state index contributed by atoms with van der Waals surface area (Å²) in [5.74, 6) is -5.23. The first-order chi connectivity index (χ1) is 27.0. The normalized spacial score (nSPS) is 19.5. The first kappa shape index (κ1) is 48.8. The highest BCUT2D eigenvalue weighted by molar-refractivity contribution is 5.95. The van der Waals surface area contributed by atoms with E-state index < -0.39 is 59.9 Å². The van der Waals surface area contributed by atoms with Crippen molar-refractivity contribution < 1.29 is 58.2 Å². The minimum Gasteiger partial charge on any atom is -0.481 e. The highest BCUT2D eigenvalue weighted by Gasteiger charge is 2.41. The summed E-state index contributed by atoms with van der Waals surface area (Å²) in [6.07, 6.45) is 25.8. The van der Waals surface area contributed by atoms with Gasteiger partial charge in [-0.1, -0.05) is 115 Å². The Morgan fingerprint density at radius 2 is 0.964 bits per heavy atom. The van der Waals surface area contributed by atoms with Gasteiger partial charge in [0.15, 0.2) is 0 Å². The molecule has 12 heteroatoms. The number of esters is 4. The van der Waals surface area contributed by atoms with E-state index in [0.717, 1.165) is 103 Å². The Kier molecular flexibility index (Phi) is 26.0. The van der Waals surface area contributed by atoms with Gasteiger partial charge in [-0.3, -0.25) is 28.8 Å². The van der Waals surface area contributed by atoms with E-state index in [1.54, 1.807) is 0 Å². The minimum atomic E-state index is -0.798. The SMILES string of the molecule is CCCCC/C=C/C(CC(CCCCCCCC(=O)O)C1CC(=O)OC1=O)OOC(/C=C/CCCCC)CC(CCCCCCCC(=O)O)C1CC(=O)OC1=O. The molecule has 0 bridgehead atoms. The Morgan fingerprint density at radius 1 is 0.589 bits per heavy atom. The van der Waals surface area contributed by atoms with Gasteiger partial charge in [0, 0.05) is 12.8 Å². The van der Waals surface area contributed by atoms with Crippen LogP contribution >= 0.6 is 0 Å². The van der Waals surface area contributed by atoms with E-state index in [1.165, 1.54) is 0 Å². The van der Waals surface area contributed by atoms with Crippen LogP contribution in [0.25, 0.3) is 0 Å². The molecule has 0 aromatic rings. The summed E-state index contributed by atoms with van der Waals surface area (Å²) in [4.78, 5) is 84.3. The number of carbonyl (C=O) groups excluding carboxylic acids is 4. The molecule has 6 unspecified atom stereocenters. The summed E-state index contributed by atoms with van der Waals surface area (Å²) >= 11 is 0. The zero-order valence-corrected chi connectivity index (χ0v) is 34.1. The Bertz CT molecular complexity index is 1150. The number of hydrogen-bond acceptors (Lipinski definition) is 10. The van der Waals surface area contributed by atoms with Crippen LogP contribution in [0.4, 0.5) is 0 Å². The van der Waals surface area contributed by atoms with Gasteiger partial charge in [-0.15, -0.1) is 0 Å². The molecule has 0 saturated carbocycles. The lowest BCUT2D eigenvalue weighted by Crippen LogP contribution is -2.28. The molecule has 2 aliphatic rings. The van der Waals surface area contributed by atoms with Crippen molar-refractivity contribution in [2.24, 2.45) is 23.7 Å². The number of hydrogen-bond donors (Lipinski definition) is 2. The molecule has 2 saturated heterocycles. The molecule has 0 radical (unpaired) electrons. The molecule has 0 aromatic carbocycles. The molecule has 2 rings (SSSR count). The number of carboxylic acids is 2. The van der Waals surface area contributed by atoms with Crippen LogP contribution < -0.4 is 0 Å². The van der Waals surface area contributed by atoms with Crippen molar-refractivity contribution in [3.05, 3.63) is 24.3 Å². The van der Waals surface area contributed by atoms with Crippen molar-refractivity contribution in [3.63, 3.8) is 0 Å². The fourth-order valence-electron chi connectivity index (χ4n) is 7.66. The molecule has 0 amide bonds. The zero-order valence-electron chi connectivity index (χ0n) is 34.1. The molecular weight excluding hydrogens is 720 g/mol. The van der Waals surface area contributed by atoms with Crippen molar-refractivity contribution in [2.45, 2.75) is 193 Å². The number of allylic oxidation sites excluding steroid dienone is 2. The van der Waals surface area contributed by atoms with E-state index in [9.17, 15) is 28.8 Å². The van der Waals surface area contributed by atoms with E-state index in [2.05, 4.69) is 26.0 Å². The van der Waals surface area contributed by atoms with Crippen molar-refractivity contribution in [1.29, 1.82) is 0 Å². The Labute approximate surface area is 334 Å². The van der Waals surface area contributed by atoms with Gasteiger partial charge >= 0.3 is 35.8 Å². The highest BCUT2D eigenvalue weighted by Crippen LogP contribution is 2.35. The molecule has 2 heterocycles. The fraction of sp³-hybridized carbons (Fsp3) is 0.773. The number of carbonyl (C=O) groups is 6. The van der Waals surface area contributed by atoms with Crippen LogP contribution in [0.1, 0.15) is 181 Å². The third kappa shape index (κ3) is 21.8. The lowest BCUT2D eigenvalue weighted by atomic mass is 9.82. The standard InChI is InChI=1S/C44H70O12/c1-3-5-7-11-19-25-35(29-33(37-31-41(49)53-43(37)51)23-17-13-9-15-21-27-39(45)46)55-56-36(26-20-12-8-6-4-2)30-34(38-32-42(50)54-44(38)52)24-18-14-10-16-22-28-40(47)48/h19-20,25-26,33-38H,3-18,21-24,27-32H2,1-2H3,(H,45,46)(H,47,48)/b25-19+,26-20+. The van der Waals surface area contributed by atoms with E-state index in [0.29, 0.717) is 38.5 Å². The summed E-state index contributed by atoms with van der Waals surface area (Å²) < 4.78 is 9.95. The van der Waals surface area contributed by atoms with Crippen LogP contribution in [0.15, 0.2) is 24.3 Å². The van der Waals surface area contributed by atoms with Gasteiger partial charge in [0.2, 0.25) is 0 Å². The molecule has 0 spiro atoms. The number of ether oxygens (including phenoxy) is 2. The number of aliphatic carboxylic acids is 2. The van der Waals surface area contributed by atoms with Gasteiger partial charge in [-0.05, 0) is 76.0 Å². The molecule has 56 heavy (non-hydrogen) atoms. The van der Waals surface area contributed by atoms with Crippen molar-refractivity contribution in [3.8, 4) is 0 Å². The van der Waals surface area contributed by atoms with Crippen LogP contribution in [0.2, 0.25) is 0 Å². The molecular formula is C44H70O12. The van der Waals surface area contributed by atoms with E-state index in [4.69, 9.17) is 29.5 Å². The molecule has 0 aromatic heterocycles. The number of carboxylic acid groups (broad SMARTS) is 2. The predicted molar refractivity (Wildman–Crippen MR) is 211 cm³/mol. The Morgan fingerprint density at radius 3 is 1.30 bits per heavy atom. The summed E-state index contributed by atoms with van der Waals surface area (Å²) in [6, 6.07) is 0. The van der Waals surface area contributed by atoms with Crippen LogP contribution in [0.3, 0.4) is 0 Å². The van der Waals surface area contributed by atoms with Gasteiger partial charge in [-0.2, -0.15) is 0 Å².